The van der Waals surface area contributed by atoms with Gasteiger partial charge < -0.3 is 5.11 Å². The molecule has 0 aliphatic heterocycles. The van der Waals surface area contributed by atoms with Crippen molar-refractivity contribution >= 4 is 0 Å². The SMILES string of the molecule is Cn1cc(CN(CCO)CCc2ccccc2)cn1. The minimum atomic E-state index is 0.190. The van der Waals surface area contributed by atoms with Gasteiger partial charge in [-0.15, -0.1) is 0 Å². The summed E-state index contributed by atoms with van der Waals surface area (Å²) in [7, 11) is 1.92. The summed E-state index contributed by atoms with van der Waals surface area (Å²) >= 11 is 0. The Hall–Kier alpha value is -1.65. The molecule has 1 N–H and O–H groups in total. The molecule has 1 heterocycles. The molecule has 102 valence electrons. The fraction of sp³-hybridized carbons (Fsp3) is 0.400. The summed E-state index contributed by atoms with van der Waals surface area (Å²) in [5, 5.41) is 13.3. The van der Waals surface area contributed by atoms with Crippen LogP contribution in [0.15, 0.2) is 42.7 Å². The Morgan fingerprint density at radius 3 is 2.58 bits per heavy atom. The smallest absolute Gasteiger partial charge is 0.0558 e. The fourth-order valence-corrected chi connectivity index (χ4v) is 2.15. The van der Waals surface area contributed by atoms with Gasteiger partial charge in [0.15, 0.2) is 0 Å². The molecule has 0 saturated carbocycles. The topological polar surface area (TPSA) is 41.3 Å². The van der Waals surface area contributed by atoms with Crippen LogP contribution in [0.25, 0.3) is 0 Å². The highest BCUT2D eigenvalue weighted by atomic mass is 16.3. The molecule has 2 rings (SSSR count). The third kappa shape index (κ3) is 4.50. The zero-order chi connectivity index (χ0) is 13.5. The van der Waals surface area contributed by atoms with Crippen molar-refractivity contribution in [1.82, 2.24) is 14.7 Å². The molecule has 4 nitrogen and oxygen atoms in total. The first-order chi connectivity index (χ1) is 9.28. The number of aliphatic hydroxyl groups is 1. The van der Waals surface area contributed by atoms with Crippen molar-refractivity contribution < 1.29 is 5.11 Å². The number of hydrogen-bond donors (Lipinski definition) is 1. The van der Waals surface area contributed by atoms with Crippen LogP contribution < -0.4 is 0 Å². The lowest BCUT2D eigenvalue weighted by molar-refractivity contribution is 0.191. The van der Waals surface area contributed by atoms with E-state index < -0.39 is 0 Å². The summed E-state index contributed by atoms with van der Waals surface area (Å²) in [5.74, 6) is 0. The lowest BCUT2D eigenvalue weighted by Crippen LogP contribution is -2.28. The summed E-state index contributed by atoms with van der Waals surface area (Å²) in [6.45, 7) is 2.66. The summed E-state index contributed by atoms with van der Waals surface area (Å²) in [6.07, 6.45) is 4.90. The highest BCUT2D eigenvalue weighted by Crippen LogP contribution is 2.06. The number of nitrogens with zero attached hydrogens (tertiary/aromatic N) is 3. The van der Waals surface area contributed by atoms with E-state index in [0.29, 0.717) is 6.54 Å². The maximum Gasteiger partial charge on any atom is 0.0558 e. The third-order valence-electron chi connectivity index (χ3n) is 3.14. The van der Waals surface area contributed by atoms with E-state index in [2.05, 4.69) is 34.3 Å². The van der Waals surface area contributed by atoms with Crippen molar-refractivity contribution in [1.29, 1.82) is 0 Å². The Balaban J connectivity index is 1.89. The number of hydrogen-bond acceptors (Lipinski definition) is 3. The number of rotatable bonds is 7. The van der Waals surface area contributed by atoms with E-state index in [0.717, 1.165) is 19.5 Å². The molecular weight excluding hydrogens is 238 g/mol. The molecule has 0 fully saturated rings. The molecule has 0 saturated heterocycles. The minimum Gasteiger partial charge on any atom is -0.395 e. The number of aliphatic hydroxyl groups excluding tert-OH is 1. The van der Waals surface area contributed by atoms with E-state index in [9.17, 15) is 0 Å². The molecule has 1 aromatic carbocycles. The van der Waals surface area contributed by atoms with Gasteiger partial charge in [-0.1, -0.05) is 30.3 Å². The Morgan fingerprint density at radius 2 is 1.95 bits per heavy atom. The van der Waals surface area contributed by atoms with Crippen LogP contribution in [0.5, 0.6) is 0 Å². The minimum absolute atomic E-state index is 0.190. The van der Waals surface area contributed by atoms with Crippen molar-refractivity contribution in [3.63, 3.8) is 0 Å². The molecule has 0 bridgehead atoms. The molecule has 0 aliphatic rings. The van der Waals surface area contributed by atoms with E-state index in [4.69, 9.17) is 5.11 Å². The Kier molecular flexibility index (Phi) is 5.12. The van der Waals surface area contributed by atoms with Crippen molar-refractivity contribution in [2.45, 2.75) is 13.0 Å². The van der Waals surface area contributed by atoms with Gasteiger partial charge in [0.25, 0.3) is 0 Å². The highest BCUT2D eigenvalue weighted by molar-refractivity contribution is 5.15. The van der Waals surface area contributed by atoms with Crippen molar-refractivity contribution in [3.05, 3.63) is 53.9 Å². The molecule has 0 radical (unpaired) electrons. The van der Waals surface area contributed by atoms with Crippen LogP contribution in [0, 0.1) is 0 Å². The van der Waals surface area contributed by atoms with Gasteiger partial charge in [-0.05, 0) is 12.0 Å². The van der Waals surface area contributed by atoms with Gasteiger partial charge in [-0.2, -0.15) is 5.10 Å². The molecule has 2 aromatic rings. The molecule has 0 spiro atoms. The molecule has 4 heteroatoms. The van der Waals surface area contributed by atoms with Crippen molar-refractivity contribution in [3.8, 4) is 0 Å². The molecule has 0 amide bonds. The monoisotopic (exact) mass is 259 g/mol. The Labute approximate surface area is 114 Å². The van der Waals surface area contributed by atoms with Crippen LogP contribution in [0.1, 0.15) is 11.1 Å². The summed E-state index contributed by atoms with van der Waals surface area (Å²) in [4.78, 5) is 2.25. The van der Waals surface area contributed by atoms with Crippen LogP contribution in [0.3, 0.4) is 0 Å². The predicted octanol–water partition coefficient (Wildman–Crippen LogP) is 1.46. The van der Waals surface area contributed by atoms with Gasteiger partial charge in [0.05, 0.1) is 12.8 Å². The van der Waals surface area contributed by atoms with Gasteiger partial charge in [-0.3, -0.25) is 9.58 Å². The zero-order valence-electron chi connectivity index (χ0n) is 11.4. The number of aryl methyl sites for hydroxylation is 1. The first kappa shape index (κ1) is 13.8. The van der Waals surface area contributed by atoms with E-state index in [-0.39, 0.29) is 6.61 Å². The molecular formula is C15H21N3O. The molecule has 1 aromatic heterocycles. The molecule has 0 aliphatic carbocycles. The predicted molar refractivity (Wildman–Crippen MR) is 75.7 cm³/mol. The average molecular weight is 259 g/mol. The lowest BCUT2D eigenvalue weighted by atomic mass is 10.1. The zero-order valence-corrected chi connectivity index (χ0v) is 11.4. The van der Waals surface area contributed by atoms with Crippen LogP contribution in [0.4, 0.5) is 0 Å². The summed E-state index contributed by atoms with van der Waals surface area (Å²) in [5.41, 5.74) is 2.51. The molecule has 0 unspecified atom stereocenters. The van der Waals surface area contributed by atoms with Crippen LogP contribution in [-0.4, -0.2) is 39.5 Å². The van der Waals surface area contributed by atoms with Gasteiger partial charge in [-0.25, -0.2) is 0 Å². The summed E-state index contributed by atoms with van der Waals surface area (Å²) < 4.78 is 1.81. The number of benzene rings is 1. The van der Waals surface area contributed by atoms with Crippen LogP contribution in [-0.2, 0) is 20.0 Å². The average Bonchev–Trinajstić information content (AvgIpc) is 2.83. The second-order valence-corrected chi connectivity index (χ2v) is 4.76. The van der Waals surface area contributed by atoms with Gasteiger partial charge in [0.1, 0.15) is 0 Å². The lowest BCUT2D eigenvalue weighted by Gasteiger charge is -2.20. The van der Waals surface area contributed by atoms with Crippen molar-refractivity contribution in [2.24, 2.45) is 7.05 Å². The maximum absolute atomic E-state index is 9.15. The first-order valence-electron chi connectivity index (χ1n) is 6.62. The second kappa shape index (κ2) is 7.07. The van der Waals surface area contributed by atoms with Crippen LogP contribution in [0.2, 0.25) is 0 Å². The quantitative estimate of drug-likeness (QED) is 0.818. The van der Waals surface area contributed by atoms with E-state index in [1.807, 2.05) is 30.2 Å². The normalized spacial score (nSPS) is 11.1. The van der Waals surface area contributed by atoms with Crippen molar-refractivity contribution in [2.75, 3.05) is 19.7 Å². The fourth-order valence-electron chi connectivity index (χ4n) is 2.15. The summed E-state index contributed by atoms with van der Waals surface area (Å²) in [6, 6.07) is 10.4. The highest BCUT2D eigenvalue weighted by Gasteiger charge is 2.07. The largest absolute Gasteiger partial charge is 0.395 e. The standard InChI is InChI=1S/C15H21N3O/c1-17-12-15(11-16-17)13-18(9-10-19)8-7-14-5-3-2-4-6-14/h2-6,11-12,19H,7-10,13H2,1H3. The Bertz CT molecular complexity index is 481. The van der Waals surface area contributed by atoms with E-state index >= 15 is 0 Å². The van der Waals surface area contributed by atoms with E-state index in [1.165, 1.54) is 11.1 Å². The van der Waals surface area contributed by atoms with Crippen LogP contribution >= 0.6 is 0 Å². The van der Waals surface area contributed by atoms with Gasteiger partial charge in [0.2, 0.25) is 0 Å². The van der Waals surface area contributed by atoms with Gasteiger partial charge >= 0.3 is 0 Å². The third-order valence-corrected chi connectivity index (χ3v) is 3.14. The van der Waals surface area contributed by atoms with E-state index in [1.54, 1.807) is 0 Å². The first-order valence-corrected chi connectivity index (χ1v) is 6.62. The second-order valence-electron chi connectivity index (χ2n) is 4.76. The molecule has 19 heavy (non-hydrogen) atoms. The maximum atomic E-state index is 9.15. The molecule has 0 atom stereocenters. The van der Waals surface area contributed by atoms with Gasteiger partial charge in [0, 0.05) is 38.4 Å². The Morgan fingerprint density at radius 1 is 1.16 bits per heavy atom. The number of aromatic nitrogens is 2.